The standard InChI is InChI=1S/C12H11Cl2N3O/c13-10-2-1-8(11(14)5-10)3-4-15-12(18)9-6-16-17-7-9/h1-2,5-7H,3-4H2,(H,15,18)(H,16,17). The van der Waals surface area contributed by atoms with E-state index in [1.165, 1.54) is 6.20 Å². The summed E-state index contributed by atoms with van der Waals surface area (Å²) in [5.74, 6) is -0.158. The first kappa shape index (κ1) is 12.9. The first-order valence-electron chi connectivity index (χ1n) is 5.38. The molecule has 0 spiro atoms. The molecule has 1 heterocycles. The lowest BCUT2D eigenvalue weighted by atomic mass is 10.1. The lowest BCUT2D eigenvalue weighted by Gasteiger charge is -2.06. The van der Waals surface area contributed by atoms with Crippen molar-refractivity contribution in [1.82, 2.24) is 15.5 Å². The Bertz CT molecular complexity index is 540. The predicted molar refractivity (Wildman–Crippen MR) is 71.1 cm³/mol. The van der Waals surface area contributed by atoms with Crippen molar-refractivity contribution < 1.29 is 4.79 Å². The Kier molecular flexibility index (Phi) is 4.23. The number of carbonyl (C=O) groups is 1. The normalized spacial score (nSPS) is 10.3. The monoisotopic (exact) mass is 283 g/mol. The van der Waals surface area contributed by atoms with E-state index < -0.39 is 0 Å². The fourth-order valence-electron chi connectivity index (χ4n) is 1.51. The van der Waals surface area contributed by atoms with Gasteiger partial charge in [-0.15, -0.1) is 0 Å². The number of hydrogen-bond acceptors (Lipinski definition) is 2. The predicted octanol–water partition coefficient (Wildman–Crippen LogP) is 2.69. The molecule has 94 valence electrons. The van der Waals surface area contributed by atoms with Crippen molar-refractivity contribution in [2.75, 3.05) is 6.54 Å². The second-order valence-electron chi connectivity index (χ2n) is 3.73. The fourth-order valence-corrected chi connectivity index (χ4v) is 2.02. The molecule has 4 nitrogen and oxygen atoms in total. The topological polar surface area (TPSA) is 57.8 Å². The van der Waals surface area contributed by atoms with Crippen molar-refractivity contribution >= 4 is 29.1 Å². The Labute approximate surface area is 114 Å². The van der Waals surface area contributed by atoms with Crippen molar-refractivity contribution in [3.05, 3.63) is 51.8 Å². The summed E-state index contributed by atoms with van der Waals surface area (Å²) in [5.41, 5.74) is 1.46. The number of nitrogens with zero attached hydrogens (tertiary/aromatic N) is 1. The number of aromatic nitrogens is 2. The first-order chi connectivity index (χ1) is 8.66. The van der Waals surface area contributed by atoms with Gasteiger partial charge in [0.05, 0.1) is 11.8 Å². The molecule has 0 saturated carbocycles. The minimum absolute atomic E-state index is 0.158. The third-order valence-corrected chi connectivity index (χ3v) is 3.04. The van der Waals surface area contributed by atoms with Crippen molar-refractivity contribution in [3.8, 4) is 0 Å². The summed E-state index contributed by atoms with van der Waals surface area (Å²) in [5, 5.41) is 10.3. The zero-order chi connectivity index (χ0) is 13.0. The van der Waals surface area contributed by atoms with Gasteiger partial charge in [-0.1, -0.05) is 29.3 Å². The molecule has 0 atom stereocenters. The number of nitrogens with one attached hydrogen (secondary N) is 2. The van der Waals surface area contributed by atoms with E-state index in [1.54, 1.807) is 18.3 Å². The molecular formula is C12H11Cl2N3O. The fraction of sp³-hybridized carbons (Fsp3) is 0.167. The third-order valence-electron chi connectivity index (χ3n) is 2.46. The molecule has 0 aliphatic heterocycles. The van der Waals surface area contributed by atoms with E-state index in [4.69, 9.17) is 23.2 Å². The maximum Gasteiger partial charge on any atom is 0.254 e. The van der Waals surface area contributed by atoms with Crippen LogP contribution in [0.15, 0.2) is 30.6 Å². The highest BCUT2D eigenvalue weighted by molar-refractivity contribution is 6.35. The molecule has 1 amide bonds. The lowest BCUT2D eigenvalue weighted by Crippen LogP contribution is -2.25. The van der Waals surface area contributed by atoms with Gasteiger partial charge in [0.25, 0.3) is 5.91 Å². The molecule has 1 aromatic carbocycles. The van der Waals surface area contributed by atoms with Crippen molar-refractivity contribution in [3.63, 3.8) is 0 Å². The summed E-state index contributed by atoms with van der Waals surface area (Å²) in [6.07, 6.45) is 3.68. The molecule has 0 aliphatic rings. The molecule has 6 heteroatoms. The van der Waals surface area contributed by atoms with Gasteiger partial charge < -0.3 is 5.32 Å². The molecular weight excluding hydrogens is 273 g/mol. The van der Waals surface area contributed by atoms with Crippen LogP contribution in [0.2, 0.25) is 10.0 Å². The van der Waals surface area contributed by atoms with Crippen LogP contribution in [-0.2, 0) is 6.42 Å². The van der Waals surface area contributed by atoms with Gasteiger partial charge in [0.2, 0.25) is 0 Å². The van der Waals surface area contributed by atoms with E-state index in [2.05, 4.69) is 15.5 Å². The zero-order valence-electron chi connectivity index (χ0n) is 9.41. The van der Waals surface area contributed by atoms with Crippen LogP contribution in [0.4, 0.5) is 0 Å². The second kappa shape index (κ2) is 5.89. The van der Waals surface area contributed by atoms with Gasteiger partial charge in [0.15, 0.2) is 0 Å². The van der Waals surface area contributed by atoms with Crippen LogP contribution in [0.25, 0.3) is 0 Å². The molecule has 2 N–H and O–H groups in total. The van der Waals surface area contributed by atoms with Crippen LogP contribution in [0.3, 0.4) is 0 Å². The van der Waals surface area contributed by atoms with Crippen LogP contribution in [0, 0.1) is 0 Å². The molecule has 0 aliphatic carbocycles. The molecule has 0 radical (unpaired) electrons. The van der Waals surface area contributed by atoms with E-state index in [0.717, 1.165) is 5.56 Å². The number of hydrogen-bond donors (Lipinski definition) is 2. The smallest absolute Gasteiger partial charge is 0.254 e. The SMILES string of the molecule is O=C(NCCc1ccc(Cl)cc1Cl)c1cn[nH]c1. The molecule has 2 rings (SSSR count). The van der Waals surface area contributed by atoms with Crippen LogP contribution in [0.1, 0.15) is 15.9 Å². The van der Waals surface area contributed by atoms with Crippen LogP contribution in [-0.4, -0.2) is 22.6 Å². The Morgan fingerprint density at radius 1 is 1.39 bits per heavy atom. The Morgan fingerprint density at radius 2 is 2.22 bits per heavy atom. The Hall–Kier alpha value is -1.52. The van der Waals surface area contributed by atoms with Gasteiger partial charge >= 0.3 is 0 Å². The second-order valence-corrected chi connectivity index (χ2v) is 4.57. The number of halogens is 2. The summed E-state index contributed by atoms with van der Waals surface area (Å²) in [6, 6.07) is 5.33. The van der Waals surface area contributed by atoms with Gasteiger partial charge in [-0.3, -0.25) is 9.89 Å². The lowest BCUT2D eigenvalue weighted by molar-refractivity contribution is 0.0954. The molecule has 2 aromatic rings. The average Bonchev–Trinajstić information content (AvgIpc) is 2.85. The van der Waals surface area contributed by atoms with E-state index >= 15 is 0 Å². The van der Waals surface area contributed by atoms with Gasteiger partial charge in [-0.05, 0) is 24.1 Å². The Morgan fingerprint density at radius 3 is 2.89 bits per heavy atom. The number of H-pyrrole nitrogens is 1. The molecule has 0 bridgehead atoms. The summed E-state index contributed by atoms with van der Waals surface area (Å²) in [7, 11) is 0. The maximum absolute atomic E-state index is 11.6. The van der Waals surface area contributed by atoms with Gasteiger partial charge in [0.1, 0.15) is 0 Å². The maximum atomic E-state index is 11.6. The number of benzene rings is 1. The number of amides is 1. The van der Waals surface area contributed by atoms with Gasteiger partial charge in [-0.2, -0.15) is 5.10 Å². The number of aromatic amines is 1. The highest BCUT2D eigenvalue weighted by Gasteiger charge is 2.06. The average molecular weight is 284 g/mol. The summed E-state index contributed by atoms with van der Waals surface area (Å²) >= 11 is 11.8. The molecule has 0 unspecified atom stereocenters. The van der Waals surface area contributed by atoms with Gasteiger partial charge in [0, 0.05) is 22.8 Å². The number of rotatable bonds is 4. The molecule has 0 saturated heterocycles. The van der Waals surface area contributed by atoms with Crippen LogP contribution >= 0.6 is 23.2 Å². The third kappa shape index (κ3) is 3.24. The summed E-state index contributed by atoms with van der Waals surface area (Å²) in [4.78, 5) is 11.6. The van der Waals surface area contributed by atoms with E-state index in [9.17, 15) is 4.79 Å². The number of carbonyl (C=O) groups excluding carboxylic acids is 1. The van der Waals surface area contributed by atoms with E-state index in [0.29, 0.717) is 28.6 Å². The van der Waals surface area contributed by atoms with Crippen molar-refractivity contribution in [2.24, 2.45) is 0 Å². The first-order valence-corrected chi connectivity index (χ1v) is 6.13. The Balaban J connectivity index is 1.87. The van der Waals surface area contributed by atoms with Crippen molar-refractivity contribution in [2.45, 2.75) is 6.42 Å². The van der Waals surface area contributed by atoms with Crippen LogP contribution in [0.5, 0.6) is 0 Å². The minimum atomic E-state index is -0.158. The van der Waals surface area contributed by atoms with Crippen LogP contribution < -0.4 is 5.32 Å². The van der Waals surface area contributed by atoms with Gasteiger partial charge in [-0.25, -0.2) is 0 Å². The van der Waals surface area contributed by atoms with E-state index in [-0.39, 0.29) is 5.91 Å². The zero-order valence-corrected chi connectivity index (χ0v) is 10.9. The summed E-state index contributed by atoms with van der Waals surface area (Å²) in [6.45, 7) is 0.505. The van der Waals surface area contributed by atoms with E-state index in [1.807, 2.05) is 6.07 Å². The van der Waals surface area contributed by atoms with Crippen molar-refractivity contribution in [1.29, 1.82) is 0 Å². The molecule has 18 heavy (non-hydrogen) atoms. The quantitative estimate of drug-likeness (QED) is 0.906. The highest BCUT2D eigenvalue weighted by Crippen LogP contribution is 2.21. The largest absolute Gasteiger partial charge is 0.352 e. The highest BCUT2D eigenvalue weighted by atomic mass is 35.5. The minimum Gasteiger partial charge on any atom is -0.352 e. The molecule has 1 aromatic heterocycles. The summed E-state index contributed by atoms with van der Waals surface area (Å²) < 4.78 is 0. The molecule has 0 fully saturated rings.